The van der Waals surface area contributed by atoms with Gasteiger partial charge in [-0.3, -0.25) is 0 Å². The third kappa shape index (κ3) is 3.52. The van der Waals surface area contributed by atoms with E-state index in [0.29, 0.717) is 18.3 Å². The number of halogens is 1. The van der Waals surface area contributed by atoms with Crippen LogP contribution in [0.4, 0.5) is 10.1 Å². The van der Waals surface area contributed by atoms with Crippen molar-refractivity contribution in [3.05, 3.63) is 29.6 Å². The molecule has 1 aromatic rings. The van der Waals surface area contributed by atoms with Crippen LogP contribution in [0, 0.1) is 17.1 Å². The third-order valence-corrected chi connectivity index (χ3v) is 2.12. The molecular weight excluding hydrogens is 205 g/mol. The van der Waals surface area contributed by atoms with Crippen molar-refractivity contribution >= 4 is 5.69 Å². The van der Waals surface area contributed by atoms with Gasteiger partial charge in [-0.2, -0.15) is 5.26 Å². The van der Waals surface area contributed by atoms with E-state index in [4.69, 9.17) is 5.26 Å². The molecule has 0 saturated carbocycles. The van der Waals surface area contributed by atoms with E-state index in [-0.39, 0.29) is 5.56 Å². The van der Waals surface area contributed by atoms with Crippen molar-refractivity contribution in [1.82, 2.24) is 5.32 Å². The molecule has 86 valence electrons. The molecule has 0 amide bonds. The lowest BCUT2D eigenvalue weighted by Gasteiger charge is -2.11. The van der Waals surface area contributed by atoms with Crippen molar-refractivity contribution in [2.75, 3.05) is 18.4 Å². The number of rotatable bonds is 5. The molecule has 0 heterocycles. The van der Waals surface area contributed by atoms with Crippen LogP contribution in [0.2, 0.25) is 0 Å². The Labute approximate surface area is 95.3 Å². The maximum atomic E-state index is 13.2. The van der Waals surface area contributed by atoms with Crippen LogP contribution in [-0.2, 0) is 0 Å². The highest BCUT2D eigenvalue weighted by molar-refractivity contribution is 5.57. The zero-order chi connectivity index (χ0) is 12.0. The molecule has 0 unspecified atom stereocenters. The van der Waals surface area contributed by atoms with Crippen LogP contribution in [0.5, 0.6) is 0 Å². The number of benzene rings is 1. The van der Waals surface area contributed by atoms with Gasteiger partial charge in [-0.25, -0.2) is 4.39 Å². The molecule has 0 radical (unpaired) electrons. The summed E-state index contributed by atoms with van der Waals surface area (Å²) in [6, 6.07) is 6.86. The second-order valence-electron chi connectivity index (χ2n) is 3.81. The van der Waals surface area contributed by atoms with Gasteiger partial charge in [-0.1, -0.05) is 19.9 Å². The zero-order valence-corrected chi connectivity index (χ0v) is 9.55. The van der Waals surface area contributed by atoms with Crippen molar-refractivity contribution in [2.24, 2.45) is 0 Å². The molecule has 2 N–H and O–H groups in total. The molecule has 1 rings (SSSR count). The normalized spacial score (nSPS) is 10.2. The number of hydrogen-bond acceptors (Lipinski definition) is 3. The van der Waals surface area contributed by atoms with E-state index >= 15 is 0 Å². The van der Waals surface area contributed by atoms with Gasteiger partial charge in [-0.15, -0.1) is 0 Å². The summed E-state index contributed by atoms with van der Waals surface area (Å²) in [5.74, 6) is -0.482. The molecule has 0 saturated heterocycles. The summed E-state index contributed by atoms with van der Waals surface area (Å²) in [5, 5.41) is 15.1. The largest absolute Gasteiger partial charge is 0.383 e. The second-order valence-corrected chi connectivity index (χ2v) is 3.81. The van der Waals surface area contributed by atoms with Gasteiger partial charge in [0, 0.05) is 19.1 Å². The van der Waals surface area contributed by atoms with E-state index in [1.54, 1.807) is 12.1 Å². The summed E-state index contributed by atoms with van der Waals surface area (Å²) in [5.41, 5.74) is 0.625. The molecule has 0 fully saturated rings. The Bertz CT molecular complexity index is 382. The van der Waals surface area contributed by atoms with Gasteiger partial charge >= 0.3 is 0 Å². The van der Waals surface area contributed by atoms with Crippen molar-refractivity contribution in [1.29, 1.82) is 5.26 Å². The lowest BCUT2D eigenvalue weighted by atomic mass is 10.2. The van der Waals surface area contributed by atoms with Crippen LogP contribution in [0.25, 0.3) is 0 Å². The van der Waals surface area contributed by atoms with Crippen molar-refractivity contribution < 1.29 is 4.39 Å². The molecule has 0 aliphatic rings. The number of hydrogen-bond donors (Lipinski definition) is 2. The third-order valence-electron chi connectivity index (χ3n) is 2.12. The van der Waals surface area contributed by atoms with Gasteiger partial charge in [0.2, 0.25) is 0 Å². The highest BCUT2D eigenvalue weighted by Gasteiger charge is 2.06. The minimum atomic E-state index is -0.482. The second kappa shape index (κ2) is 6.09. The Balaban J connectivity index is 2.54. The highest BCUT2D eigenvalue weighted by atomic mass is 19.1. The summed E-state index contributed by atoms with van der Waals surface area (Å²) in [6.45, 7) is 5.56. The molecule has 3 nitrogen and oxygen atoms in total. The van der Waals surface area contributed by atoms with Crippen LogP contribution in [0.15, 0.2) is 18.2 Å². The molecule has 1 aromatic carbocycles. The zero-order valence-electron chi connectivity index (χ0n) is 9.55. The first-order chi connectivity index (χ1) is 7.65. The van der Waals surface area contributed by atoms with Crippen LogP contribution in [0.3, 0.4) is 0 Å². The Hall–Kier alpha value is -1.60. The van der Waals surface area contributed by atoms with E-state index in [2.05, 4.69) is 24.5 Å². The van der Waals surface area contributed by atoms with Crippen LogP contribution < -0.4 is 10.6 Å². The number of anilines is 1. The molecule has 0 aliphatic heterocycles. The standard InChI is InChI=1S/C12H16FN3/c1-9(2)15-6-7-16-12-5-3-4-11(13)10(12)8-14/h3-5,9,15-16H,6-7H2,1-2H3. The minimum absolute atomic E-state index is 0.0760. The first-order valence-corrected chi connectivity index (χ1v) is 5.31. The fraction of sp³-hybridized carbons (Fsp3) is 0.417. The fourth-order valence-corrected chi connectivity index (χ4v) is 1.34. The maximum absolute atomic E-state index is 13.2. The molecule has 0 aliphatic carbocycles. The van der Waals surface area contributed by atoms with Gasteiger partial charge < -0.3 is 10.6 Å². The lowest BCUT2D eigenvalue weighted by molar-refractivity contribution is 0.601. The fourth-order valence-electron chi connectivity index (χ4n) is 1.34. The van der Waals surface area contributed by atoms with Crippen molar-refractivity contribution in [3.63, 3.8) is 0 Å². The van der Waals surface area contributed by atoms with Crippen LogP contribution >= 0.6 is 0 Å². The Morgan fingerprint density at radius 1 is 1.38 bits per heavy atom. The number of nitriles is 1. The SMILES string of the molecule is CC(C)NCCNc1cccc(F)c1C#N. The van der Waals surface area contributed by atoms with Crippen LogP contribution in [0.1, 0.15) is 19.4 Å². The molecule has 4 heteroatoms. The summed E-state index contributed by atoms with van der Waals surface area (Å²) in [4.78, 5) is 0. The minimum Gasteiger partial charge on any atom is -0.383 e. The predicted molar refractivity (Wildman–Crippen MR) is 62.7 cm³/mol. The first-order valence-electron chi connectivity index (χ1n) is 5.31. The predicted octanol–water partition coefficient (Wildman–Crippen LogP) is 2.11. The molecule has 0 atom stereocenters. The monoisotopic (exact) mass is 221 g/mol. The lowest BCUT2D eigenvalue weighted by Crippen LogP contribution is -2.28. The van der Waals surface area contributed by atoms with Gasteiger partial charge in [0.1, 0.15) is 17.4 Å². The van der Waals surface area contributed by atoms with Crippen molar-refractivity contribution in [3.8, 4) is 6.07 Å². The van der Waals surface area contributed by atoms with E-state index in [9.17, 15) is 4.39 Å². The summed E-state index contributed by atoms with van der Waals surface area (Å²) < 4.78 is 13.2. The van der Waals surface area contributed by atoms with Gasteiger partial charge in [0.25, 0.3) is 0 Å². The topological polar surface area (TPSA) is 47.8 Å². The quantitative estimate of drug-likeness (QED) is 0.749. The average Bonchev–Trinajstić information content (AvgIpc) is 2.24. The number of nitrogens with one attached hydrogen (secondary N) is 2. The summed E-state index contributed by atoms with van der Waals surface area (Å²) in [6.07, 6.45) is 0. The van der Waals surface area contributed by atoms with Gasteiger partial charge in [0.15, 0.2) is 0 Å². The van der Waals surface area contributed by atoms with E-state index < -0.39 is 5.82 Å². The molecule has 0 aromatic heterocycles. The molecule has 0 spiro atoms. The summed E-state index contributed by atoms with van der Waals surface area (Å²) in [7, 11) is 0. The van der Waals surface area contributed by atoms with Crippen molar-refractivity contribution in [2.45, 2.75) is 19.9 Å². The Morgan fingerprint density at radius 2 is 2.12 bits per heavy atom. The van der Waals surface area contributed by atoms with E-state index in [0.717, 1.165) is 6.54 Å². The maximum Gasteiger partial charge on any atom is 0.143 e. The van der Waals surface area contributed by atoms with Gasteiger partial charge in [-0.05, 0) is 12.1 Å². The first kappa shape index (κ1) is 12.5. The van der Waals surface area contributed by atoms with Gasteiger partial charge in [0.05, 0.1) is 5.69 Å². The molecule has 16 heavy (non-hydrogen) atoms. The molecule has 0 bridgehead atoms. The Kier molecular flexibility index (Phi) is 4.74. The van der Waals surface area contributed by atoms with E-state index in [1.807, 2.05) is 6.07 Å². The number of nitrogens with zero attached hydrogens (tertiary/aromatic N) is 1. The van der Waals surface area contributed by atoms with E-state index in [1.165, 1.54) is 6.07 Å². The Morgan fingerprint density at radius 3 is 2.75 bits per heavy atom. The molecular formula is C12H16FN3. The average molecular weight is 221 g/mol. The highest BCUT2D eigenvalue weighted by Crippen LogP contribution is 2.16. The van der Waals surface area contributed by atoms with Crippen LogP contribution in [-0.4, -0.2) is 19.1 Å². The smallest absolute Gasteiger partial charge is 0.143 e. The summed E-state index contributed by atoms with van der Waals surface area (Å²) >= 11 is 0.